The molecule has 0 aliphatic carbocycles. The Balaban J connectivity index is 1.51. The fraction of sp³-hybridized carbons (Fsp3) is 0.190. The number of carbonyl (C=O) groups is 1. The maximum atomic E-state index is 13.3. The van der Waals surface area contributed by atoms with E-state index in [2.05, 4.69) is 11.4 Å². The zero-order chi connectivity index (χ0) is 18.6. The number of hydrogen-bond acceptors (Lipinski definition) is 4. The van der Waals surface area contributed by atoms with E-state index in [0.717, 1.165) is 26.8 Å². The van der Waals surface area contributed by atoms with Crippen LogP contribution in [-0.4, -0.2) is 24.7 Å². The van der Waals surface area contributed by atoms with E-state index in [9.17, 15) is 9.18 Å². The highest BCUT2D eigenvalue weighted by atomic mass is 32.2. The Bertz CT molecular complexity index is 912. The van der Waals surface area contributed by atoms with Gasteiger partial charge < -0.3 is 4.90 Å². The topological polar surface area (TPSA) is 32.3 Å². The summed E-state index contributed by atoms with van der Waals surface area (Å²) in [6, 6.07) is 18.3. The predicted octanol–water partition coefficient (Wildman–Crippen LogP) is 4.71. The average molecular weight is 399 g/mol. The Kier molecular flexibility index (Phi) is 5.57. The van der Waals surface area contributed by atoms with Crippen molar-refractivity contribution < 1.29 is 9.18 Å². The normalized spacial score (nSPS) is 14.6. The molecule has 2 heterocycles. The summed E-state index contributed by atoms with van der Waals surface area (Å²) >= 11 is 3.40. The molecular weight excluding hydrogens is 379 g/mol. The number of thioether (sulfide) groups is 1. The van der Waals surface area contributed by atoms with Gasteiger partial charge >= 0.3 is 0 Å². The minimum absolute atomic E-state index is 0.0476. The van der Waals surface area contributed by atoms with E-state index in [1.54, 1.807) is 35.2 Å². The molecule has 1 atom stereocenters. The van der Waals surface area contributed by atoms with Crippen molar-refractivity contribution in [1.29, 1.82) is 0 Å². The molecule has 0 saturated heterocycles. The summed E-state index contributed by atoms with van der Waals surface area (Å²) in [4.78, 5) is 17.0. The summed E-state index contributed by atoms with van der Waals surface area (Å²) in [5.41, 5.74) is 1.93. The van der Waals surface area contributed by atoms with Crippen LogP contribution in [0.15, 0.2) is 70.9 Å². The van der Waals surface area contributed by atoms with Crippen LogP contribution in [0.2, 0.25) is 0 Å². The Labute approximate surface area is 166 Å². The van der Waals surface area contributed by atoms with E-state index in [1.807, 2.05) is 40.6 Å². The Morgan fingerprint density at radius 1 is 1.11 bits per heavy atom. The van der Waals surface area contributed by atoms with E-state index in [-0.39, 0.29) is 24.3 Å². The van der Waals surface area contributed by atoms with Crippen LogP contribution in [0.5, 0.6) is 0 Å². The second-order valence-corrected chi connectivity index (χ2v) is 8.36. The molecule has 3 nitrogen and oxygen atoms in total. The number of amides is 1. The van der Waals surface area contributed by atoms with Gasteiger partial charge in [0.2, 0.25) is 5.91 Å². The van der Waals surface area contributed by atoms with Gasteiger partial charge in [-0.1, -0.05) is 30.3 Å². The molecule has 1 amide bonds. The van der Waals surface area contributed by atoms with Crippen LogP contribution in [0.3, 0.4) is 0 Å². The molecule has 1 N–H and O–H groups in total. The van der Waals surface area contributed by atoms with Crippen molar-refractivity contribution >= 4 is 34.7 Å². The highest BCUT2D eigenvalue weighted by molar-refractivity contribution is 7.99. The highest BCUT2D eigenvalue weighted by Gasteiger charge is 2.24. The molecule has 6 heteroatoms. The second kappa shape index (κ2) is 8.25. The average Bonchev–Trinajstić information content (AvgIpc) is 3.23. The maximum absolute atomic E-state index is 13.3. The number of nitrogens with zero attached hydrogens (tertiary/aromatic N) is 1. The number of benzene rings is 2. The third-order valence-electron chi connectivity index (χ3n) is 4.52. The third kappa shape index (κ3) is 4.08. The highest BCUT2D eigenvalue weighted by Crippen LogP contribution is 2.34. The van der Waals surface area contributed by atoms with Crippen LogP contribution in [0.1, 0.15) is 16.5 Å². The minimum atomic E-state index is -0.262. The zero-order valence-corrected chi connectivity index (χ0v) is 16.2. The molecule has 2 aromatic carbocycles. The van der Waals surface area contributed by atoms with E-state index >= 15 is 0 Å². The minimum Gasteiger partial charge on any atom is -0.309 e. The van der Waals surface area contributed by atoms with Gasteiger partial charge in [-0.3, -0.25) is 10.1 Å². The quantitative estimate of drug-likeness (QED) is 0.676. The van der Waals surface area contributed by atoms with Crippen LogP contribution in [0.25, 0.3) is 0 Å². The Morgan fingerprint density at radius 3 is 2.70 bits per heavy atom. The van der Waals surface area contributed by atoms with E-state index < -0.39 is 0 Å². The summed E-state index contributed by atoms with van der Waals surface area (Å²) in [5, 5.41) is 5.38. The molecule has 27 heavy (non-hydrogen) atoms. The number of hydrogen-bond donors (Lipinski definition) is 1. The van der Waals surface area contributed by atoms with E-state index in [1.165, 1.54) is 12.1 Å². The summed E-state index contributed by atoms with van der Waals surface area (Å²) in [7, 11) is 0. The smallest absolute Gasteiger partial charge is 0.241 e. The van der Waals surface area contributed by atoms with Crippen LogP contribution in [-0.2, 0) is 4.79 Å². The number of rotatable bonds is 5. The number of fused-ring (bicyclic) bond motifs is 1. The molecule has 1 aliphatic rings. The first-order valence-electron chi connectivity index (χ1n) is 8.77. The molecule has 0 radical (unpaired) electrons. The molecule has 1 unspecified atom stereocenters. The van der Waals surface area contributed by atoms with Gasteiger partial charge in [0, 0.05) is 22.1 Å². The lowest BCUT2D eigenvalue weighted by Crippen LogP contribution is -2.42. The molecule has 3 aromatic rings. The second-order valence-electron chi connectivity index (χ2n) is 6.24. The van der Waals surface area contributed by atoms with Crippen molar-refractivity contribution in [3.05, 3.63) is 82.3 Å². The van der Waals surface area contributed by atoms with Crippen LogP contribution in [0.4, 0.5) is 10.1 Å². The molecule has 138 valence electrons. The van der Waals surface area contributed by atoms with Gasteiger partial charge in [-0.15, -0.1) is 23.1 Å². The number of nitrogens with one attached hydrogen (secondary N) is 1. The van der Waals surface area contributed by atoms with Crippen LogP contribution < -0.4 is 10.2 Å². The molecule has 4 rings (SSSR count). The number of anilines is 1. The Morgan fingerprint density at radius 2 is 1.93 bits per heavy atom. The molecule has 0 fully saturated rings. The number of para-hydroxylation sites is 1. The van der Waals surface area contributed by atoms with Crippen molar-refractivity contribution in [2.45, 2.75) is 10.9 Å². The first-order valence-corrected chi connectivity index (χ1v) is 10.6. The molecular formula is C21H19FN2OS2. The van der Waals surface area contributed by atoms with Gasteiger partial charge in [-0.05, 0) is 41.3 Å². The van der Waals surface area contributed by atoms with Gasteiger partial charge in [0.05, 0.1) is 18.3 Å². The Hall–Kier alpha value is -2.15. The van der Waals surface area contributed by atoms with Gasteiger partial charge in [-0.2, -0.15) is 0 Å². The van der Waals surface area contributed by atoms with Crippen molar-refractivity contribution in [3.8, 4) is 0 Å². The molecule has 0 bridgehead atoms. The van der Waals surface area contributed by atoms with Crippen LogP contribution >= 0.6 is 23.1 Å². The van der Waals surface area contributed by atoms with Gasteiger partial charge in [0.1, 0.15) is 5.82 Å². The summed E-state index contributed by atoms with van der Waals surface area (Å²) in [6.07, 6.45) is 0. The fourth-order valence-corrected chi connectivity index (χ4v) is 5.03. The third-order valence-corrected chi connectivity index (χ3v) is 6.50. The van der Waals surface area contributed by atoms with E-state index in [4.69, 9.17) is 0 Å². The largest absolute Gasteiger partial charge is 0.309 e. The lowest BCUT2D eigenvalue weighted by Gasteiger charge is -2.29. The molecule has 1 aromatic heterocycles. The monoisotopic (exact) mass is 398 g/mol. The van der Waals surface area contributed by atoms with Gasteiger partial charge in [0.15, 0.2) is 0 Å². The van der Waals surface area contributed by atoms with Crippen LogP contribution in [0, 0.1) is 5.82 Å². The maximum Gasteiger partial charge on any atom is 0.241 e. The van der Waals surface area contributed by atoms with Gasteiger partial charge in [-0.25, -0.2) is 4.39 Å². The van der Waals surface area contributed by atoms with Crippen molar-refractivity contribution in [2.75, 3.05) is 23.7 Å². The lowest BCUT2D eigenvalue weighted by atomic mass is 10.1. The van der Waals surface area contributed by atoms with Crippen molar-refractivity contribution in [1.82, 2.24) is 5.32 Å². The number of carbonyl (C=O) groups excluding carboxylic acids is 1. The molecule has 1 aliphatic heterocycles. The SMILES string of the molecule is O=C(CNC(c1ccc(F)cc1)c1cccs1)N1CCSc2ccccc21. The summed E-state index contributed by atoms with van der Waals surface area (Å²) in [6.45, 7) is 0.932. The van der Waals surface area contributed by atoms with Crippen molar-refractivity contribution in [3.63, 3.8) is 0 Å². The van der Waals surface area contributed by atoms with E-state index in [0.29, 0.717) is 6.54 Å². The molecule has 0 spiro atoms. The lowest BCUT2D eigenvalue weighted by molar-refractivity contribution is -0.117. The zero-order valence-electron chi connectivity index (χ0n) is 14.6. The first kappa shape index (κ1) is 18.2. The fourth-order valence-electron chi connectivity index (χ4n) is 3.21. The predicted molar refractivity (Wildman–Crippen MR) is 110 cm³/mol. The van der Waals surface area contributed by atoms with Gasteiger partial charge in [0.25, 0.3) is 0 Å². The molecule has 0 saturated carbocycles. The number of halogens is 1. The summed E-state index contributed by atoms with van der Waals surface area (Å²) < 4.78 is 13.3. The number of thiophene rings is 1. The standard InChI is InChI=1S/C21H19FN2OS2/c22-16-9-7-15(8-10-16)21(19-6-3-12-26-19)23-14-20(25)24-11-13-27-18-5-2-1-4-17(18)24/h1-10,12,21,23H,11,13-14H2. The summed E-state index contributed by atoms with van der Waals surface area (Å²) in [5.74, 6) is 0.684. The first-order chi connectivity index (χ1) is 13.2. The van der Waals surface area contributed by atoms with Crippen molar-refractivity contribution in [2.24, 2.45) is 0 Å².